The Balaban J connectivity index is 1.35. The molecule has 2 N–H and O–H groups in total. The van der Waals surface area contributed by atoms with E-state index in [2.05, 4.69) is 20.7 Å². The molecule has 3 aromatic rings. The summed E-state index contributed by atoms with van der Waals surface area (Å²) in [6.07, 6.45) is -1.10. The highest BCUT2D eigenvalue weighted by atomic mass is 19.4. The number of nitrogens with one attached hydrogen (secondary N) is 2. The lowest BCUT2D eigenvalue weighted by atomic mass is 9.82. The van der Waals surface area contributed by atoms with Crippen LogP contribution in [0.5, 0.6) is 5.75 Å². The Kier molecular flexibility index (Phi) is 6.22. The number of hydrogen-bond acceptors (Lipinski definition) is 7. The first-order valence-electron chi connectivity index (χ1n) is 12.7. The van der Waals surface area contributed by atoms with Gasteiger partial charge in [0.2, 0.25) is 0 Å². The van der Waals surface area contributed by atoms with E-state index in [1.54, 1.807) is 24.3 Å². The number of carbonyl (C=O) groups is 2. The molecule has 10 nitrogen and oxygen atoms in total. The van der Waals surface area contributed by atoms with E-state index in [-0.39, 0.29) is 41.9 Å². The highest BCUT2D eigenvalue weighted by molar-refractivity contribution is 6.08. The summed E-state index contributed by atoms with van der Waals surface area (Å²) in [7, 11) is 0. The van der Waals surface area contributed by atoms with Gasteiger partial charge in [0.15, 0.2) is 12.4 Å². The smallest absolute Gasteiger partial charge is 0.422 e. The van der Waals surface area contributed by atoms with Crippen molar-refractivity contribution in [2.75, 3.05) is 19.8 Å². The number of ether oxygens (including phenoxy) is 2. The Morgan fingerprint density at radius 1 is 1.32 bits per heavy atom. The number of fused-ring (bicyclic) bond motifs is 3. The number of aromatic nitrogens is 3. The molecule has 2 aromatic heterocycles. The standard InChI is InChI=1S/C27H23F3N6O4/c28-27(29,30)14-40-17-2-3-19-16(9-17)5-7-26(19)10-20-22(24(37)34-26)23(25(38)33-13-18-6-8-39-18)36(35-20)21-4-1-15(11-31)12-32-21/h1-4,9,12,18H,5-8,10,13-14H2,(H,33,38)(H,34,37)/t18?,26-/m0/s1. The number of benzene rings is 1. The first-order chi connectivity index (χ1) is 19.2. The Hall–Kier alpha value is -4.44. The number of amides is 2. The highest BCUT2D eigenvalue weighted by Gasteiger charge is 2.47. The van der Waals surface area contributed by atoms with Crippen LogP contribution in [0.2, 0.25) is 0 Å². The zero-order valence-electron chi connectivity index (χ0n) is 21.0. The second-order valence-electron chi connectivity index (χ2n) is 10.0. The average Bonchev–Trinajstić information content (AvgIpc) is 3.45. The van der Waals surface area contributed by atoms with Crippen LogP contribution in [0, 0.1) is 11.3 Å². The van der Waals surface area contributed by atoms with Crippen LogP contribution in [0.4, 0.5) is 13.2 Å². The Labute approximate surface area is 226 Å². The fourth-order valence-electron chi connectivity index (χ4n) is 5.42. The molecule has 1 fully saturated rings. The summed E-state index contributed by atoms with van der Waals surface area (Å²) in [6.45, 7) is -0.488. The highest BCUT2D eigenvalue weighted by Crippen LogP contribution is 2.44. The lowest BCUT2D eigenvalue weighted by molar-refractivity contribution is -0.153. The first kappa shape index (κ1) is 25.8. The van der Waals surface area contributed by atoms with Gasteiger partial charge in [0.25, 0.3) is 11.8 Å². The summed E-state index contributed by atoms with van der Waals surface area (Å²) in [4.78, 5) is 31.3. The van der Waals surface area contributed by atoms with Crippen molar-refractivity contribution in [3.05, 3.63) is 70.2 Å². The second-order valence-corrected chi connectivity index (χ2v) is 10.0. The predicted octanol–water partition coefficient (Wildman–Crippen LogP) is 2.73. The summed E-state index contributed by atoms with van der Waals surface area (Å²) in [5, 5.41) is 19.7. The molecule has 1 aliphatic carbocycles. The van der Waals surface area contributed by atoms with Crippen LogP contribution in [0.3, 0.4) is 0 Å². The molecule has 13 heteroatoms. The minimum atomic E-state index is -4.45. The van der Waals surface area contributed by atoms with Gasteiger partial charge in [0.1, 0.15) is 17.5 Å². The lowest BCUT2D eigenvalue weighted by Crippen LogP contribution is -2.50. The number of carbonyl (C=O) groups excluding carboxylic acids is 2. The van der Waals surface area contributed by atoms with E-state index >= 15 is 0 Å². The second kappa shape index (κ2) is 9.63. The third-order valence-electron chi connectivity index (χ3n) is 7.42. The van der Waals surface area contributed by atoms with Crippen LogP contribution in [0.15, 0.2) is 36.5 Å². The van der Waals surface area contributed by atoms with Gasteiger partial charge < -0.3 is 20.1 Å². The van der Waals surface area contributed by atoms with E-state index in [9.17, 15) is 22.8 Å². The minimum Gasteiger partial charge on any atom is -0.484 e. The number of nitrogens with zero attached hydrogens (tertiary/aromatic N) is 4. The summed E-state index contributed by atoms with van der Waals surface area (Å²) < 4.78 is 49.4. The molecule has 1 saturated heterocycles. The van der Waals surface area contributed by atoms with Crippen molar-refractivity contribution < 1.29 is 32.2 Å². The van der Waals surface area contributed by atoms with Crippen molar-refractivity contribution >= 4 is 11.8 Å². The number of pyridine rings is 1. The maximum Gasteiger partial charge on any atom is 0.422 e. The molecular weight excluding hydrogens is 529 g/mol. The van der Waals surface area contributed by atoms with Crippen molar-refractivity contribution in [1.29, 1.82) is 5.26 Å². The molecule has 206 valence electrons. The molecule has 2 aliphatic heterocycles. The normalized spacial score (nSPS) is 21.1. The molecule has 0 bridgehead atoms. The maximum atomic E-state index is 13.6. The third-order valence-corrected chi connectivity index (χ3v) is 7.42. The molecule has 40 heavy (non-hydrogen) atoms. The van der Waals surface area contributed by atoms with Gasteiger partial charge in [-0.25, -0.2) is 9.67 Å². The molecular formula is C27H23F3N6O4. The largest absolute Gasteiger partial charge is 0.484 e. The van der Waals surface area contributed by atoms with Crippen LogP contribution in [-0.4, -0.2) is 58.6 Å². The molecule has 1 unspecified atom stereocenters. The summed E-state index contributed by atoms with van der Waals surface area (Å²) in [5.41, 5.74) is 1.57. The lowest BCUT2D eigenvalue weighted by Gasteiger charge is -2.35. The average molecular weight is 553 g/mol. The monoisotopic (exact) mass is 552 g/mol. The minimum absolute atomic E-state index is 0.0213. The Morgan fingerprint density at radius 2 is 2.15 bits per heavy atom. The first-order valence-corrected chi connectivity index (χ1v) is 12.7. The van der Waals surface area contributed by atoms with Gasteiger partial charge in [-0.05, 0) is 54.7 Å². The van der Waals surface area contributed by atoms with Crippen LogP contribution in [0.1, 0.15) is 56.1 Å². The van der Waals surface area contributed by atoms with Crippen molar-refractivity contribution in [2.45, 2.75) is 43.5 Å². The zero-order chi connectivity index (χ0) is 28.1. The molecule has 2 atom stereocenters. The SMILES string of the molecule is N#Cc1ccc(-n2nc3c(c2C(=O)NCC2CCO2)C(=O)N[C@@]2(CCc4cc(OCC(F)(F)F)ccc42)C3)nc1. The fraction of sp³-hybridized carbons (Fsp3) is 0.370. The number of nitriles is 1. The maximum absolute atomic E-state index is 13.6. The Morgan fingerprint density at radius 3 is 2.83 bits per heavy atom. The topological polar surface area (TPSA) is 131 Å². The van der Waals surface area contributed by atoms with E-state index < -0.39 is 30.1 Å². The van der Waals surface area contributed by atoms with Crippen molar-refractivity contribution in [3.8, 4) is 17.6 Å². The Bertz CT molecular complexity index is 1540. The molecule has 3 aliphatic rings. The number of alkyl halides is 3. The molecule has 6 rings (SSSR count). The summed E-state index contributed by atoms with van der Waals surface area (Å²) in [6, 6.07) is 9.78. The number of rotatable bonds is 6. The van der Waals surface area contributed by atoms with Gasteiger partial charge >= 0.3 is 6.18 Å². The van der Waals surface area contributed by atoms with Crippen LogP contribution in [0.25, 0.3) is 5.82 Å². The van der Waals surface area contributed by atoms with Crippen molar-refractivity contribution in [2.24, 2.45) is 0 Å². The third kappa shape index (κ3) is 4.64. The summed E-state index contributed by atoms with van der Waals surface area (Å²) >= 11 is 0. The molecule has 1 spiro atoms. The summed E-state index contributed by atoms with van der Waals surface area (Å²) in [5.74, 6) is -0.642. The predicted molar refractivity (Wildman–Crippen MR) is 132 cm³/mol. The van der Waals surface area contributed by atoms with E-state index in [0.29, 0.717) is 30.7 Å². The molecule has 2 amide bonds. The van der Waals surface area contributed by atoms with Gasteiger partial charge in [0, 0.05) is 25.8 Å². The van der Waals surface area contributed by atoms with E-state index in [0.717, 1.165) is 17.5 Å². The zero-order valence-corrected chi connectivity index (χ0v) is 21.0. The van der Waals surface area contributed by atoms with Crippen LogP contribution in [-0.2, 0) is 23.1 Å². The van der Waals surface area contributed by atoms with E-state index in [1.807, 2.05) is 6.07 Å². The van der Waals surface area contributed by atoms with Crippen molar-refractivity contribution in [1.82, 2.24) is 25.4 Å². The van der Waals surface area contributed by atoms with Gasteiger partial charge in [-0.3, -0.25) is 9.59 Å². The van der Waals surface area contributed by atoms with Gasteiger partial charge in [-0.1, -0.05) is 6.07 Å². The van der Waals surface area contributed by atoms with E-state index in [4.69, 9.17) is 14.7 Å². The molecule has 0 radical (unpaired) electrons. The van der Waals surface area contributed by atoms with Crippen LogP contribution < -0.4 is 15.4 Å². The van der Waals surface area contributed by atoms with Crippen LogP contribution >= 0.6 is 0 Å². The fourth-order valence-corrected chi connectivity index (χ4v) is 5.42. The molecule has 4 heterocycles. The van der Waals surface area contributed by atoms with E-state index in [1.165, 1.54) is 16.9 Å². The van der Waals surface area contributed by atoms with Crippen molar-refractivity contribution in [3.63, 3.8) is 0 Å². The number of aryl methyl sites for hydroxylation is 1. The number of halogens is 3. The number of hydrogen-bond donors (Lipinski definition) is 2. The van der Waals surface area contributed by atoms with Gasteiger partial charge in [0.05, 0.1) is 28.5 Å². The quantitative estimate of drug-likeness (QED) is 0.481. The van der Waals surface area contributed by atoms with Gasteiger partial charge in [-0.15, -0.1) is 0 Å². The molecule has 0 saturated carbocycles. The molecule has 1 aromatic carbocycles. The van der Waals surface area contributed by atoms with Gasteiger partial charge in [-0.2, -0.15) is 23.5 Å².